The summed E-state index contributed by atoms with van der Waals surface area (Å²) in [5.74, 6) is 1.14. The maximum atomic E-state index is 12.2. The molecular formula is C15H29ClN2O. The van der Waals surface area contributed by atoms with Crippen molar-refractivity contribution >= 4 is 17.5 Å². The van der Waals surface area contributed by atoms with Gasteiger partial charge in [-0.15, -0.1) is 11.6 Å². The zero-order valence-electron chi connectivity index (χ0n) is 13.1. The van der Waals surface area contributed by atoms with Gasteiger partial charge in [0, 0.05) is 18.0 Å². The molecule has 0 saturated heterocycles. The quantitative estimate of drug-likeness (QED) is 0.789. The molecule has 0 radical (unpaired) electrons. The van der Waals surface area contributed by atoms with E-state index in [0.29, 0.717) is 5.88 Å². The first-order valence-electron chi connectivity index (χ1n) is 7.25. The Bertz CT molecular complexity index is 317. The van der Waals surface area contributed by atoms with Gasteiger partial charge in [0.2, 0.25) is 5.91 Å². The molecule has 0 spiro atoms. The Balaban J connectivity index is 2.68. The van der Waals surface area contributed by atoms with E-state index in [4.69, 9.17) is 11.6 Å². The van der Waals surface area contributed by atoms with E-state index in [2.05, 4.69) is 31.2 Å². The molecule has 3 nitrogen and oxygen atoms in total. The number of hydrogen-bond donors (Lipinski definition) is 1. The Kier molecular flexibility index (Phi) is 5.69. The van der Waals surface area contributed by atoms with Crippen molar-refractivity contribution in [2.45, 2.75) is 52.0 Å². The number of carbonyl (C=O) groups excluding carboxylic acids is 1. The highest BCUT2D eigenvalue weighted by atomic mass is 35.5. The molecule has 0 aromatic carbocycles. The highest BCUT2D eigenvalue weighted by Crippen LogP contribution is 2.35. The fourth-order valence-corrected chi connectivity index (χ4v) is 3.02. The molecule has 0 bridgehead atoms. The highest BCUT2D eigenvalue weighted by molar-refractivity contribution is 6.19. The minimum absolute atomic E-state index is 0.0574. The molecule has 0 aliphatic heterocycles. The fraction of sp³-hybridized carbons (Fsp3) is 0.933. The summed E-state index contributed by atoms with van der Waals surface area (Å²) in [6.45, 7) is 6.81. The fourth-order valence-electron chi connectivity index (χ4n) is 2.90. The Morgan fingerprint density at radius 3 is 2.58 bits per heavy atom. The van der Waals surface area contributed by atoms with Gasteiger partial charge in [0.25, 0.3) is 0 Å². The average Bonchev–Trinajstić information content (AvgIpc) is 2.35. The number of alkyl halides is 1. The Labute approximate surface area is 123 Å². The highest BCUT2D eigenvalue weighted by Gasteiger charge is 2.38. The first-order valence-corrected chi connectivity index (χ1v) is 7.79. The SMILES string of the molecule is CC1CCCC(CNC(=O)C(C)(C)CCl)(N(C)C)C1. The van der Waals surface area contributed by atoms with Gasteiger partial charge in [0.1, 0.15) is 0 Å². The largest absolute Gasteiger partial charge is 0.354 e. The van der Waals surface area contributed by atoms with Crippen molar-refractivity contribution in [2.75, 3.05) is 26.5 Å². The molecule has 0 heterocycles. The lowest BCUT2D eigenvalue weighted by atomic mass is 9.75. The lowest BCUT2D eigenvalue weighted by Crippen LogP contribution is -2.56. The molecular weight excluding hydrogens is 260 g/mol. The van der Waals surface area contributed by atoms with Gasteiger partial charge >= 0.3 is 0 Å². The van der Waals surface area contributed by atoms with Gasteiger partial charge in [-0.05, 0) is 46.7 Å². The van der Waals surface area contributed by atoms with Crippen LogP contribution in [0.5, 0.6) is 0 Å². The molecule has 1 aliphatic carbocycles. The number of halogens is 1. The maximum Gasteiger partial charge on any atom is 0.226 e. The Morgan fingerprint density at radius 1 is 1.47 bits per heavy atom. The summed E-state index contributed by atoms with van der Waals surface area (Å²) in [4.78, 5) is 14.5. The normalized spacial score (nSPS) is 28.5. The number of nitrogens with zero attached hydrogens (tertiary/aromatic N) is 1. The predicted octanol–water partition coefficient (Wildman–Crippen LogP) is 2.88. The number of hydrogen-bond acceptors (Lipinski definition) is 2. The van der Waals surface area contributed by atoms with Crippen LogP contribution >= 0.6 is 11.6 Å². The van der Waals surface area contributed by atoms with Crippen LogP contribution in [0, 0.1) is 11.3 Å². The summed E-state index contributed by atoms with van der Waals surface area (Å²) >= 11 is 5.86. The van der Waals surface area contributed by atoms with Crippen LogP contribution in [0.25, 0.3) is 0 Å². The summed E-state index contributed by atoms with van der Waals surface area (Å²) in [6.07, 6.45) is 4.86. The molecule has 1 aliphatic rings. The minimum Gasteiger partial charge on any atom is -0.354 e. The Hall–Kier alpha value is -0.280. The predicted molar refractivity (Wildman–Crippen MR) is 81.6 cm³/mol. The van der Waals surface area contributed by atoms with Crippen LogP contribution in [0.1, 0.15) is 46.5 Å². The van der Waals surface area contributed by atoms with Crippen molar-refractivity contribution in [1.29, 1.82) is 0 Å². The van der Waals surface area contributed by atoms with Crippen molar-refractivity contribution in [3.63, 3.8) is 0 Å². The van der Waals surface area contributed by atoms with E-state index in [1.54, 1.807) is 0 Å². The van der Waals surface area contributed by atoms with Gasteiger partial charge in [-0.1, -0.05) is 19.8 Å². The van der Waals surface area contributed by atoms with E-state index < -0.39 is 5.41 Å². The summed E-state index contributed by atoms with van der Waals surface area (Å²) in [7, 11) is 4.24. The van der Waals surface area contributed by atoms with Crippen molar-refractivity contribution < 1.29 is 4.79 Å². The molecule has 0 aromatic rings. The van der Waals surface area contributed by atoms with Gasteiger partial charge in [-0.2, -0.15) is 0 Å². The molecule has 1 amide bonds. The van der Waals surface area contributed by atoms with Crippen LogP contribution in [0.15, 0.2) is 0 Å². The van der Waals surface area contributed by atoms with E-state index in [1.807, 2.05) is 13.8 Å². The van der Waals surface area contributed by atoms with Gasteiger partial charge in [-0.25, -0.2) is 0 Å². The minimum atomic E-state index is -0.491. The third-order valence-corrected chi connectivity index (χ3v) is 5.21. The van der Waals surface area contributed by atoms with Crippen LogP contribution in [0.3, 0.4) is 0 Å². The van der Waals surface area contributed by atoms with Crippen LogP contribution in [0.4, 0.5) is 0 Å². The zero-order valence-corrected chi connectivity index (χ0v) is 13.8. The zero-order chi connectivity index (χ0) is 14.7. The molecule has 19 heavy (non-hydrogen) atoms. The van der Waals surface area contributed by atoms with Crippen LogP contribution < -0.4 is 5.32 Å². The third-order valence-electron chi connectivity index (χ3n) is 4.54. The number of likely N-dealkylation sites (N-methyl/N-ethyl adjacent to an activating group) is 1. The summed E-state index contributed by atoms with van der Waals surface area (Å²) < 4.78 is 0. The molecule has 2 atom stereocenters. The van der Waals surface area contributed by atoms with Gasteiger partial charge in [0.05, 0.1) is 5.41 Å². The summed E-state index contributed by atoms with van der Waals surface area (Å²) in [5.41, 5.74) is -0.384. The molecule has 2 unspecified atom stereocenters. The summed E-state index contributed by atoms with van der Waals surface area (Å²) in [5, 5.41) is 3.12. The molecule has 1 saturated carbocycles. The van der Waals surface area contributed by atoms with Crippen molar-refractivity contribution in [3.05, 3.63) is 0 Å². The van der Waals surface area contributed by atoms with E-state index in [0.717, 1.165) is 25.3 Å². The van der Waals surface area contributed by atoms with E-state index >= 15 is 0 Å². The third kappa shape index (κ3) is 4.09. The van der Waals surface area contributed by atoms with Crippen LogP contribution in [-0.2, 0) is 4.79 Å². The second-order valence-corrected chi connectivity index (χ2v) is 7.29. The standard InChI is InChI=1S/C15H29ClN2O/c1-12-7-6-8-15(9-12,18(4)5)11-17-13(19)14(2,3)10-16/h12H,6-11H2,1-5H3,(H,17,19). The second-order valence-electron chi connectivity index (χ2n) is 7.02. The first kappa shape index (κ1) is 16.8. The van der Waals surface area contributed by atoms with Gasteiger partial charge in [-0.3, -0.25) is 4.79 Å². The molecule has 1 N–H and O–H groups in total. The first-order chi connectivity index (χ1) is 8.73. The number of amides is 1. The topological polar surface area (TPSA) is 32.3 Å². The number of carbonyl (C=O) groups is 1. The van der Waals surface area contributed by atoms with Gasteiger partial charge in [0.15, 0.2) is 0 Å². The van der Waals surface area contributed by atoms with Crippen molar-refractivity contribution in [2.24, 2.45) is 11.3 Å². The van der Waals surface area contributed by atoms with E-state index in [9.17, 15) is 4.79 Å². The second kappa shape index (κ2) is 6.45. The number of nitrogens with one attached hydrogen (secondary N) is 1. The van der Waals surface area contributed by atoms with Gasteiger partial charge < -0.3 is 10.2 Å². The van der Waals surface area contributed by atoms with Crippen molar-refractivity contribution in [3.8, 4) is 0 Å². The smallest absolute Gasteiger partial charge is 0.226 e. The number of rotatable bonds is 5. The van der Waals surface area contributed by atoms with Crippen LogP contribution in [-0.4, -0.2) is 42.9 Å². The average molecular weight is 289 g/mol. The molecule has 1 fully saturated rings. The van der Waals surface area contributed by atoms with Crippen LogP contribution in [0.2, 0.25) is 0 Å². The Morgan fingerprint density at radius 2 is 2.11 bits per heavy atom. The van der Waals surface area contributed by atoms with Crippen molar-refractivity contribution in [1.82, 2.24) is 10.2 Å². The molecule has 112 valence electrons. The monoisotopic (exact) mass is 288 g/mol. The van der Waals surface area contributed by atoms with E-state index in [-0.39, 0.29) is 11.4 Å². The lowest BCUT2D eigenvalue weighted by molar-refractivity contribution is -0.129. The van der Waals surface area contributed by atoms with E-state index in [1.165, 1.54) is 12.8 Å². The summed E-state index contributed by atoms with van der Waals surface area (Å²) in [6, 6.07) is 0. The molecule has 4 heteroatoms. The lowest BCUT2D eigenvalue weighted by Gasteiger charge is -2.45. The maximum absolute atomic E-state index is 12.2. The molecule has 1 rings (SSSR count). The molecule has 0 aromatic heterocycles.